The molecule has 0 unspecified atom stereocenters. The Bertz CT molecular complexity index is 182. The molecule has 114 valence electrons. The Kier molecular flexibility index (Phi) is 20.7. The molecule has 0 aromatic carbocycles. The number of rotatable bonds is 11. The quantitative estimate of drug-likeness (QED) is 0.409. The van der Waals surface area contributed by atoms with Crippen LogP contribution in [0.25, 0.3) is 0 Å². The fourth-order valence-electron chi connectivity index (χ4n) is 1.75. The van der Waals surface area contributed by atoms with E-state index in [0.29, 0.717) is 6.42 Å². The zero-order chi connectivity index (χ0) is 14.9. The number of hydrogen-bond donors (Lipinski definition) is 1. The van der Waals surface area contributed by atoms with Gasteiger partial charge in [-0.2, -0.15) is 0 Å². The van der Waals surface area contributed by atoms with Gasteiger partial charge in [0.05, 0.1) is 0 Å². The zero-order valence-electron chi connectivity index (χ0n) is 13.3. The average molecular weight is 377 g/mol. The Morgan fingerprint density at radius 1 is 1.00 bits per heavy atom. The van der Waals surface area contributed by atoms with Crippen LogP contribution < -0.4 is 0 Å². The largest absolute Gasteiger partial charge is 0.481 e. The molecule has 0 amide bonds. The fourth-order valence-corrected chi connectivity index (χ4v) is 2.58. The summed E-state index contributed by atoms with van der Waals surface area (Å²) in [6.07, 6.45) is 11.7. The van der Waals surface area contributed by atoms with Crippen LogP contribution in [0.2, 0.25) is 4.44 Å². The third kappa shape index (κ3) is 27.5. The second-order valence-electron chi connectivity index (χ2n) is 5.59. The Labute approximate surface area is 133 Å². The van der Waals surface area contributed by atoms with Gasteiger partial charge in [-0.25, -0.2) is 0 Å². The molecule has 0 aromatic heterocycles. The normalized spacial score (nSPS) is 10.2. The van der Waals surface area contributed by atoms with E-state index in [1.165, 1.54) is 71.9 Å². The van der Waals surface area contributed by atoms with Gasteiger partial charge in [0, 0.05) is 6.42 Å². The van der Waals surface area contributed by atoms with Crippen molar-refractivity contribution in [3.63, 3.8) is 0 Å². The van der Waals surface area contributed by atoms with Crippen LogP contribution in [0.15, 0.2) is 0 Å². The van der Waals surface area contributed by atoms with Crippen molar-refractivity contribution in [3.8, 4) is 0 Å². The zero-order valence-corrected chi connectivity index (χ0v) is 16.6. The predicted molar refractivity (Wildman–Crippen MR) is 86.3 cm³/mol. The van der Waals surface area contributed by atoms with Crippen LogP contribution in [-0.2, 0) is 4.79 Å². The summed E-state index contributed by atoms with van der Waals surface area (Å²) in [5, 5.41) is 8.27. The molecular weight excluding hydrogens is 343 g/mol. The van der Waals surface area contributed by atoms with E-state index < -0.39 is 5.97 Å². The first-order chi connectivity index (χ1) is 9.04. The molecule has 0 aromatic rings. The van der Waals surface area contributed by atoms with Crippen molar-refractivity contribution in [1.29, 1.82) is 0 Å². The van der Waals surface area contributed by atoms with E-state index in [9.17, 15) is 4.79 Å². The Morgan fingerprint density at radius 3 is 2.05 bits per heavy atom. The first-order valence-electron chi connectivity index (χ1n) is 7.96. The third-order valence-electron chi connectivity index (χ3n) is 2.98. The molecule has 3 heteroatoms. The predicted octanol–water partition coefficient (Wildman–Crippen LogP) is 4.95. The molecular formula is C16H34O2Sn. The maximum absolute atomic E-state index is 10.0. The summed E-state index contributed by atoms with van der Waals surface area (Å²) in [6.45, 7) is 6.76. The second-order valence-corrected chi connectivity index (χ2v) is 7.24. The van der Waals surface area contributed by atoms with Gasteiger partial charge >= 0.3 is 78.4 Å². The molecule has 0 atom stereocenters. The van der Waals surface area contributed by atoms with Crippen molar-refractivity contribution in [3.05, 3.63) is 0 Å². The summed E-state index contributed by atoms with van der Waals surface area (Å²) in [4.78, 5) is 10.0. The SMILES string of the molecule is CC(C)CCCC[CH2][SnH].CCCCCCCC(=O)O. The summed E-state index contributed by atoms with van der Waals surface area (Å²) in [6, 6.07) is 0. The Balaban J connectivity index is 0. The van der Waals surface area contributed by atoms with Crippen LogP contribution in [-0.4, -0.2) is 33.6 Å². The fraction of sp³-hybridized carbons (Fsp3) is 0.938. The van der Waals surface area contributed by atoms with Crippen LogP contribution in [0.1, 0.15) is 85.0 Å². The van der Waals surface area contributed by atoms with Crippen LogP contribution in [0.3, 0.4) is 0 Å². The smallest absolute Gasteiger partial charge is 0.303 e. The molecule has 2 nitrogen and oxygen atoms in total. The molecule has 0 fully saturated rings. The van der Waals surface area contributed by atoms with Gasteiger partial charge in [-0.05, 0) is 6.42 Å². The van der Waals surface area contributed by atoms with Crippen molar-refractivity contribution < 1.29 is 9.90 Å². The molecule has 0 aliphatic heterocycles. The number of carbonyl (C=O) groups is 1. The molecule has 1 N–H and O–H groups in total. The van der Waals surface area contributed by atoms with Crippen LogP contribution in [0.5, 0.6) is 0 Å². The topological polar surface area (TPSA) is 37.3 Å². The summed E-state index contributed by atoms with van der Waals surface area (Å²) in [7, 11) is 0. The van der Waals surface area contributed by atoms with E-state index in [-0.39, 0.29) is 0 Å². The van der Waals surface area contributed by atoms with E-state index >= 15 is 0 Å². The molecule has 0 aliphatic carbocycles. The van der Waals surface area contributed by atoms with Gasteiger partial charge in [0.15, 0.2) is 0 Å². The molecule has 0 bridgehead atoms. The van der Waals surface area contributed by atoms with E-state index in [0.717, 1.165) is 18.8 Å². The monoisotopic (exact) mass is 378 g/mol. The molecule has 0 heterocycles. The van der Waals surface area contributed by atoms with Crippen molar-refractivity contribution in [1.82, 2.24) is 0 Å². The maximum Gasteiger partial charge on any atom is 0.303 e. The van der Waals surface area contributed by atoms with Gasteiger partial charge in [0.25, 0.3) is 0 Å². The van der Waals surface area contributed by atoms with Crippen LogP contribution >= 0.6 is 0 Å². The van der Waals surface area contributed by atoms with Crippen molar-refractivity contribution in [2.75, 3.05) is 0 Å². The summed E-state index contributed by atoms with van der Waals surface area (Å²) in [5.74, 6) is 0.245. The summed E-state index contributed by atoms with van der Waals surface area (Å²) < 4.78 is 1.49. The van der Waals surface area contributed by atoms with Gasteiger partial charge in [-0.15, -0.1) is 0 Å². The van der Waals surface area contributed by atoms with E-state index in [1.807, 2.05) is 0 Å². The number of unbranched alkanes of at least 4 members (excludes halogenated alkanes) is 6. The Morgan fingerprint density at radius 2 is 1.58 bits per heavy atom. The number of carboxylic acid groups (broad SMARTS) is 1. The summed E-state index contributed by atoms with van der Waals surface area (Å²) in [5.41, 5.74) is 0. The number of carboxylic acids is 1. The molecule has 0 spiro atoms. The molecule has 0 aliphatic rings. The van der Waals surface area contributed by atoms with Gasteiger partial charge in [-0.3, -0.25) is 4.79 Å². The molecule has 0 saturated heterocycles. The standard InChI is InChI=1S/C8H16O2.C8H17.Sn.H/c1-2-3-4-5-6-7-8(9)10;1-4-5-6-7-8(2)3;;/h2-7H2,1H3,(H,9,10);8H,1,4-7H2,2-3H3;;. The third-order valence-corrected chi connectivity index (χ3v) is 4.14. The van der Waals surface area contributed by atoms with E-state index in [1.54, 1.807) is 0 Å². The van der Waals surface area contributed by atoms with Gasteiger partial charge in [0.2, 0.25) is 0 Å². The summed E-state index contributed by atoms with van der Waals surface area (Å²) >= 11 is 1.46. The van der Waals surface area contributed by atoms with Gasteiger partial charge < -0.3 is 5.11 Å². The minimum atomic E-state index is -0.670. The van der Waals surface area contributed by atoms with E-state index in [2.05, 4.69) is 20.8 Å². The first kappa shape index (κ1) is 21.6. The molecule has 19 heavy (non-hydrogen) atoms. The average Bonchev–Trinajstić information content (AvgIpc) is 2.35. The Hall–Kier alpha value is 0.269. The van der Waals surface area contributed by atoms with Crippen molar-refractivity contribution in [2.45, 2.75) is 89.4 Å². The molecule has 2 radical (unpaired) electrons. The van der Waals surface area contributed by atoms with Gasteiger partial charge in [-0.1, -0.05) is 32.6 Å². The maximum atomic E-state index is 10.0. The van der Waals surface area contributed by atoms with Crippen molar-refractivity contribution >= 4 is 28.5 Å². The van der Waals surface area contributed by atoms with Crippen molar-refractivity contribution in [2.24, 2.45) is 5.92 Å². The minimum absolute atomic E-state index is 0.337. The second kappa shape index (κ2) is 18.3. The van der Waals surface area contributed by atoms with Gasteiger partial charge in [0.1, 0.15) is 0 Å². The minimum Gasteiger partial charge on any atom is -0.481 e. The molecule has 0 saturated carbocycles. The van der Waals surface area contributed by atoms with E-state index in [4.69, 9.17) is 5.11 Å². The number of hydrogen-bond acceptors (Lipinski definition) is 1. The van der Waals surface area contributed by atoms with Crippen LogP contribution in [0.4, 0.5) is 0 Å². The first-order valence-corrected chi connectivity index (χ1v) is 10.3. The molecule has 0 rings (SSSR count). The van der Waals surface area contributed by atoms with Crippen LogP contribution in [0, 0.1) is 5.92 Å². The number of aliphatic carboxylic acids is 1.